The fourth-order valence-electron chi connectivity index (χ4n) is 8.66. The average molecular weight is 912 g/mol. The Labute approximate surface area is 386 Å². The van der Waals surface area contributed by atoms with Gasteiger partial charge in [0.05, 0.1) is 52.5 Å². The minimum Gasteiger partial charge on any atom is -0.497 e. The van der Waals surface area contributed by atoms with Gasteiger partial charge in [-0.15, -0.1) is 0 Å². The quantitative estimate of drug-likeness (QED) is 0.0334. The van der Waals surface area contributed by atoms with E-state index in [1.54, 1.807) is 55.6 Å². The number of nitrogens with one attached hydrogen (secondary N) is 1. The van der Waals surface area contributed by atoms with Gasteiger partial charge >= 0.3 is 0 Å². The molecule has 0 radical (unpaired) electrons. The predicted molar refractivity (Wildman–Crippen MR) is 250 cm³/mol. The monoisotopic (exact) mass is 911 g/mol. The lowest BCUT2D eigenvalue weighted by molar-refractivity contribution is -0.170. The first kappa shape index (κ1) is 46.3. The summed E-state index contributed by atoms with van der Waals surface area (Å²) < 4.78 is 49.5. The number of hydrogen-bond acceptors (Lipinski definition) is 13. The lowest BCUT2D eigenvalue weighted by atomic mass is 9.80. The predicted octanol–water partition coefficient (Wildman–Crippen LogP) is 9.34. The van der Waals surface area contributed by atoms with Gasteiger partial charge in [-0.3, -0.25) is 9.36 Å². The normalized spacial score (nSPS) is 19.7. The number of hydrogen-bond donors (Lipinski definition) is 1. The van der Waals surface area contributed by atoms with E-state index in [2.05, 4.69) is 58.7 Å². The molecule has 5 atom stereocenters. The second kappa shape index (κ2) is 20.5. The van der Waals surface area contributed by atoms with E-state index in [9.17, 15) is 10.1 Å². The van der Waals surface area contributed by atoms with Gasteiger partial charge in [0.1, 0.15) is 35.6 Å². The van der Waals surface area contributed by atoms with Crippen molar-refractivity contribution in [2.45, 2.75) is 82.3 Å². The molecular formula is C50H54N7O8P. The molecule has 2 bridgehead atoms. The molecule has 8 rings (SSSR count). The van der Waals surface area contributed by atoms with Crippen LogP contribution in [0.15, 0.2) is 134 Å². The Morgan fingerprint density at radius 3 is 2.14 bits per heavy atom. The fourth-order valence-corrected chi connectivity index (χ4v) is 10.5. The summed E-state index contributed by atoms with van der Waals surface area (Å²) in [6, 6.07) is 37.0. The molecule has 2 aliphatic rings. The first-order valence-corrected chi connectivity index (χ1v) is 23.0. The molecule has 4 heterocycles. The van der Waals surface area contributed by atoms with E-state index in [1.807, 2.05) is 91.0 Å². The van der Waals surface area contributed by atoms with Crippen LogP contribution in [0.4, 0.5) is 5.82 Å². The number of carbonyl (C=O) groups is 1. The van der Waals surface area contributed by atoms with Crippen LogP contribution in [0, 0.1) is 11.3 Å². The molecule has 15 nitrogen and oxygen atoms in total. The maximum Gasteiger partial charge on any atom is 0.259 e. The smallest absolute Gasteiger partial charge is 0.259 e. The summed E-state index contributed by atoms with van der Waals surface area (Å²) in [6.07, 6.45) is 5.15. The summed E-state index contributed by atoms with van der Waals surface area (Å²) in [5.74, 6) is 1.37. The third kappa shape index (κ3) is 9.26. The zero-order valence-electron chi connectivity index (χ0n) is 37.8. The van der Waals surface area contributed by atoms with Crippen LogP contribution in [0.1, 0.15) is 73.8 Å². The molecule has 1 unspecified atom stereocenters. The van der Waals surface area contributed by atoms with Crippen molar-refractivity contribution < 1.29 is 37.5 Å². The first-order valence-electron chi connectivity index (χ1n) is 21.9. The van der Waals surface area contributed by atoms with Crippen molar-refractivity contribution in [2.75, 3.05) is 32.8 Å². The Kier molecular flexibility index (Phi) is 14.4. The number of imidazole rings is 1. The summed E-state index contributed by atoms with van der Waals surface area (Å²) in [6.45, 7) is 8.78. The number of aromatic nitrogens is 4. The third-order valence-electron chi connectivity index (χ3n) is 11.7. The van der Waals surface area contributed by atoms with Gasteiger partial charge in [-0.25, -0.2) is 19.6 Å². The highest BCUT2D eigenvalue weighted by Gasteiger charge is 2.64. The second-order valence-corrected chi connectivity index (χ2v) is 17.9. The van der Waals surface area contributed by atoms with Crippen molar-refractivity contribution >= 4 is 31.4 Å². The van der Waals surface area contributed by atoms with Gasteiger partial charge in [-0.1, -0.05) is 72.8 Å². The molecule has 342 valence electrons. The van der Waals surface area contributed by atoms with Crippen LogP contribution in [0.25, 0.3) is 11.2 Å². The van der Waals surface area contributed by atoms with E-state index in [1.165, 1.54) is 6.33 Å². The van der Waals surface area contributed by atoms with Gasteiger partial charge < -0.3 is 38.0 Å². The minimum atomic E-state index is -1.71. The topological polar surface area (TPSA) is 164 Å². The molecule has 2 fully saturated rings. The Morgan fingerprint density at radius 2 is 1.53 bits per heavy atom. The van der Waals surface area contributed by atoms with Crippen molar-refractivity contribution in [3.8, 4) is 17.6 Å². The number of nitrogens with zero attached hydrogens (tertiary/aromatic N) is 6. The van der Waals surface area contributed by atoms with Gasteiger partial charge in [0.25, 0.3) is 14.4 Å². The maximum atomic E-state index is 13.2. The van der Waals surface area contributed by atoms with Gasteiger partial charge in [0.15, 0.2) is 28.8 Å². The molecule has 1 amide bonds. The highest BCUT2D eigenvalue weighted by atomic mass is 31.2. The third-order valence-corrected chi connectivity index (χ3v) is 13.8. The van der Waals surface area contributed by atoms with Crippen molar-refractivity contribution in [2.24, 2.45) is 0 Å². The Bertz CT molecular complexity index is 2570. The average Bonchev–Trinajstić information content (AvgIpc) is 4.02. The zero-order valence-corrected chi connectivity index (χ0v) is 38.7. The molecule has 2 aliphatic heterocycles. The second-order valence-electron chi connectivity index (χ2n) is 16.5. The van der Waals surface area contributed by atoms with Crippen molar-refractivity contribution in [3.05, 3.63) is 156 Å². The van der Waals surface area contributed by atoms with Crippen LogP contribution in [0.2, 0.25) is 0 Å². The number of fused-ring (bicyclic) bond motifs is 3. The molecule has 66 heavy (non-hydrogen) atoms. The lowest BCUT2D eigenvalue weighted by Crippen LogP contribution is -2.43. The molecule has 0 spiro atoms. The fraction of sp³-hybridized carbons (Fsp3) is 0.340. The number of benzene rings is 4. The van der Waals surface area contributed by atoms with Gasteiger partial charge in [0, 0.05) is 40.8 Å². The van der Waals surface area contributed by atoms with E-state index in [4.69, 9.17) is 32.7 Å². The number of rotatable bonds is 20. The number of carbonyl (C=O) groups excluding carboxylic acids is 1. The largest absolute Gasteiger partial charge is 0.497 e. The van der Waals surface area contributed by atoms with Crippen LogP contribution in [0.3, 0.4) is 0 Å². The summed E-state index contributed by atoms with van der Waals surface area (Å²) in [5.41, 5.74) is 1.81. The van der Waals surface area contributed by atoms with Crippen LogP contribution >= 0.6 is 8.53 Å². The lowest BCUT2D eigenvalue weighted by Gasteiger charge is -2.38. The van der Waals surface area contributed by atoms with Crippen LogP contribution in [-0.2, 0) is 28.9 Å². The Balaban J connectivity index is 1.17. The molecule has 16 heteroatoms. The SMILES string of the molecule is COc1ccc(C(OC=CC[C@@]23CO[C@@H]([C@H](n4cnc5c(NC(=O)c6ccccc6)ncnc54)O2)[C@@H]3OP(OCCC#N)N(C(C)C)C(C)C)(c2ccccc2)c2ccc(OC)cc2)cc1. The van der Waals surface area contributed by atoms with E-state index in [0.29, 0.717) is 23.1 Å². The standard InChI is InChI=1S/C50H54N7O8P/c1-34(2)57(35(3)4)66(63-30-14-28-51)65-44-43-48(56-33-54-42-45(52-32-53-46(42)56)55-47(58)36-15-9-7-10-16-36)64-49(44,31-61-43)27-13-29-62-50(37-17-11-8-12-18-37,38-19-23-40(59-5)24-20-38)39-21-25-41(60-6)26-22-39/h7-13,15-26,29,32-35,43-44,48H,14,27,30-31H2,1-6H3,(H,52,53,55,58)/t43-,44+,48-,49+,66?/m1/s1. The summed E-state index contributed by atoms with van der Waals surface area (Å²) >= 11 is 0. The molecular weight excluding hydrogens is 858 g/mol. The molecule has 2 aromatic heterocycles. The van der Waals surface area contributed by atoms with Crippen molar-refractivity contribution in [1.82, 2.24) is 24.2 Å². The number of amides is 1. The zero-order chi connectivity index (χ0) is 46.3. The van der Waals surface area contributed by atoms with Gasteiger partial charge in [-0.05, 0) is 70.2 Å². The number of anilines is 1. The molecule has 0 aliphatic carbocycles. The van der Waals surface area contributed by atoms with E-state index in [-0.39, 0.29) is 43.4 Å². The minimum absolute atomic E-state index is 0.0555. The highest BCUT2D eigenvalue weighted by Crippen LogP contribution is 2.56. The number of nitriles is 1. The molecule has 4 aromatic carbocycles. The highest BCUT2D eigenvalue weighted by molar-refractivity contribution is 7.44. The number of methoxy groups -OCH3 is 2. The van der Waals surface area contributed by atoms with E-state index in [0.717, 1.165) is 28.2 Å². The van der Waals surface area contributed by atoms with E-state index < -0.39 is 38.2 Å². The van der Waals surface area contributed by atoms with Crippen molar-refractivity contribution in [3.63, 3.8) is 0 Å². The number of ether oxygens (including phenoxy) is 5. The molecule has 6 aromatic rings. The van der Waals surface area contributed by atoms with Crippen LogP contribution < -0.4 is 14.8 Å². The van der Waals surface area contributed by atoms with Gasteiger partial charge in [-0.2, -0.15) is 5.26 Å². The van der Waals surface area contributed by atoms with Crippen molar-refractivity contribution in [1.29, 1.82) is 5.26 Å². The Hall–Kier alpha value is -6.24. The summed E-state index contributed by atoms with van der Waals surface area (Å²) in [7, 11) is 1.58. The maximum absolute atomic E-state index is 13.2. The van der Waals surface area contributed by atoms with Gasteiger partial charge in [0.2, 0.25) is 0 Å². The summed E-state index contributed by atoms with van der Waals surface area (Å²) in [4.78, 5) is 26.9. The molecule has 0 saturated carbocycles. The Morgan fingerprint density at radius 1 is 0.909 bits per heavy atom. The first-order chi connectivity index (χ1) is 32.1. The van der Waals surface area contributed by atoms with Crippen LogP contribution in [0.5, 0.6) is 11.5 Å². The molecule has 1 N–H and O–H groups in total. The molecule has 2 saturated heterocycles. The van der Waals surface area contributed by atoms with Crippen LogP contribution in [-0.4, -0.2) is 87.4 Å². The summed E-state index contributed by atoms with van der Waals surface area (Å²) in [5, 5.41) is 12.4. The van der Waals surface area contributed by atoms with E-state index >= 15 is 0 Å².